The Kier molecular flexibility index (Phi) is 3.62. The van der Waals surface area contributed by atoms with E-state index in [1.807, 2.05) is 0 Å². The monoisotopic (exact) mass is 248 g/mol. The maximum atomic E-state index is 13.2. The number of hydrogen-bond donors (Lipinski definition) is 1. The second-order valence-electron chi connectivity index (χ2n) is 3.66. The van der Waals surface area contributed by atoms with E-state index in [0.717, 1.165) is 11.8 Å². The molecule has 1 N–H and O–H groups in total. The highest BCUT2D eigenvalue weighted by Crippen LogP contribution is 2.06. The third-order valence-corrected chi connectivity index (χ3v) is 2.38. The number of nitrogens with one attached hydrogen (secondary N) is 1. The van der Waals surface area contributed by atoms with Crippen LogP contribution < -0.4 is 5.32 Å². The molecule has 1 aromatic heterocycles. The summed E-state index contributed by atoms with van der Waals surface area (Å²) in [5, 5.41) is 2.55. The molecule has 92 valence electrons. The number of carbonyl (C=O) groups is 1. The molecule has 0 aliphatic carbocycles. The minimum absolute atomic E-state index is 0.0629. The highest BCUT2D eigenvalue weighted by molar-refractivity contribution is 5.94. The smallest absolute Gasteiger partial charge is 0.254 e. The van der Waals surface area contributed by atoms with Gasteiger partial charge in [-0.15, -0.1) is 0 Å². The maximum absolute atomic E-state index is 13.2. The van der Waals surface area contributed by atoms with Crippen LogP contribution in [0.4, 0.5) is 8.78 Å². The molecular formula is C13H10F2N2O. The molecule has 0 unspecified atom stereocenters. The average Bonchev–Trinajstić information content (AvgIpc) is 2.38. The summed E-state index contributed by atoms with van der Waals surface area (Å²) in [6.45, 7) is 0.209. The van der Waals surface area contributed by atoms with Crippen LogP contribution in [0.2, 0.25) is 0 Å². The number of halogens is 2. The molecule has 0 atom stereocenters. The first kappa shape index (κ1) is 12.2. The number of amides is 1. The van der Waals surface area contributed by atoms with Crippen molar-refractivity contribution in [2.24, 2.45) is 0 Å². The van der Waals surface area contributed by atoms with Gasteiger partial charge in [0, 0.05) is 12.7 Å². The molecule has 1 amide bonds. The quantitative estimate of drug-likeness (QED) is 0.905. The molecule has 3 nitrogen and oxygen atoms in total. The summed E-state index contributed by atoms with van der Waals surface area (Å²) in [6.07, 6.45) is 2.32. The molecule has 0 bridgehead atoms. The van der Waals surface area contributed by atoms with Gasteiger partial charge in [0.2, 0.25) is 0 Å². The van der Waals surface area contributed by atoms with Crippen molar-refractivity contribution in [3.05, 3.63) is 65.5 Å². The summed E-state index contributed by atoms with van der Waals surface area (Å²) in [5.74, 6) is -1.54. The molecule has 2 rings (SSSR count). The van der Waals surface area contributed by atoms with Gasteiger partial charge in [-0.2, -0.15) is 0 Å². The Balaban J connectivity index is 2.01. The lowest BCUT2D eigenvalue weighted by Gasteiger charge is -2.05. The Morgan fingerprint density at radius 2 is 1.89 bits per heavy atom. The van der Waals surface area contributed by atoms with Crippen LogP contribution in [0.25, 0.3) is 0 Å². The van der Waals surface area contributed by atoms with Crippen LogP contribution in [-0.2, 0) is 6.54 Å². The molecule has 0 saturated carbocycles. The Morgan fingerprint density at radius 3 is 2.56 bits per heavy atom. The van der Waals surface area contributed by atoms with Crippen LogP contribution in [0.3, 0.4) is 0 Å². The summed E-state index contributed by atoms with van der Waals surface area (Å²) in [5.41, 5.74) is 0.673. The fourth-order valence-electron chi connectivity index (χ4n) is 1.44. The molecule has 1 aromatic carbocycles. The van der Waals surface area contributed by atoms with Crippen molar-refractivity contribution in [3.63, 3.8) is 0 Å². The van der Waals surface area contributed by atoms with Gasteiger partial charge in [0.1, 0.15) is 5.82 Å². The summed E-state index contributed by atoms with van der Waals surface area (Å²) in [4.78, 5) is 15.2. The fraction of sp³-hybridized carbons (Fsp3) is 0.0769. The lowest BCUT2D eigenvalue weighted by molar-refractivity contribution is 0.0946. The first-order valence-electron chi connectivity index (χ1n) is 5.29. The van der Waals surface area contributed by atoms with Gasteiger partial charge in [0.15, 0.2) is 5.82 Å². The summed E-state index contributed by atoms with van der Waals surface area (Å²) in [7, 11) is 0. The van der Waals surface area contributed by atoms with E-state index >= 15 is 0 Å². The van der Waals surface area contributed by atoms with Crippen molar-refractivity contribution in [1.29, 1.82) is 0 Å². The van der Waals surface area contributed by atoms with Crippen LogP contribution in [-0.4, -0.2) is 10.9 Å². The molecule has 0 fully saturated rings. The third kappa shape index (κ3) is 2.88. The molecule has 0 spiro atoms. The Morgan fingerprint density at radius 1 is 1.17 bits per heavy atom. The van der Waals surface area contributed by atoms with Crippen molar-refractivity contribution in [2.45, 2.75) is 6.54 Å². The summed E-state index contributed by atoms with van der Waals surface area (Å²) < 4.78 is 25.9. The number of carbonyl (C=O) groups excluding carboxylic acids is 1. The largest absolute Gasteiger partial charge is 0.348 e. The van der Waals surface area contributed by atoms with Gasteiger partial charge in [0.25, 0.3) is 5.91 Å². The molecule has 5 heteroatoms. The second kappa shape index (κ2) is 5.35. The zero-order chi connectivity index (χ0) is 13.0. The van der Waals surface area contributed by atoms with E-state index in [2.05, 4.69) is 10.3 Å². The van der Waals surface area contributed by atoms with Crippen molar-refractivity contribution in [2.75, 3.05) is 0 Å². The van der Waals surface area contributed by atoms with Gasteiger partial charge in [-0.3, -0.25) is 9.78 Å². The zero-order valence-electron chi connectivity index (χ0n) is 9.36. The maximum Gasteiger partial charge on any atom is 0.254 e. The minimum Gasteiger partial charge on any atom is -0.348 e. The fourth-order valence-corrected chi connectivity index (χ4v) is 1.44. The minimum atomic E-state index is -0.672. The highest BCUT2D eigenvalue weighted by atomic mass is 19.1. The predicted molar refractivity (Wildman–Crippen MR) is 61.8 cm³/mol. The van der Waals surface area contributed by atoms with Gasteiger partial charge in [-0.1, -0.05) is 12.1 Å². The van der Waals surface area contributed by atoms with Crippen LogP contribution >= 0.6 is 0 Å². The van der Waals surface area contributed by atoms with Crippen LogP contribution in [0.15, 0.2) is 42.7 Å². The average molecular weight is 248 g/mol. The van der Waals surface area contributed by atoms with Gasteiger partial charge in [0.05, 0.1) is 11.8 Å². The number of benzene rings is 1. The molecular weight excluding hydrogens is 238 g/mol. The Bertz CT molecular complexity index is 555. The second-order valence-corrected chi connectivity index (χ2v) is 3.66. The van der Waals surface area contributed by atoms with Crippen molar-refractivity contribution in [1.82, 2.24) is 10.3 Å². The molecule has 0 saturated heterocycles. The highest BCUT2D eigenvalue weighted by Gasteiger charge is 2.10. The normalized spacial score (nSPS) is 10.1. The number of pyridine rings is 1. The number of nitrogens with zero attached hydrogens (tertiary/aromatic N) is 1. The topological polar surface area (TPSA) is 42.0 Å². The molecule has 1 heterocycles. The molecule has 2 aromatic rings. The summed E-state index contributed by atoms with van der Waals surface area (Å²) >= 11 is 0. The summed E-state index contributed by atoms with van der Waals surface area (Å²) in [6, 6.07) is 7.01. The van der Waals surface area contributed by atoms with Crippen molar-refractivity contribution >= 4 is 5.91 Å². The Labute approximate surface area is 102 Å². The van der Waals surface area contributed by atoms with Crippen molar-refractivity contribution in [3.8, 4) is 0 Å². The zero-order valence-corrected chi connectivity index (χ0v) is 9.36. The predicted octanol–water partition coefficient (Wildman–Crippen LogP) is 2.29. The van der Waals surface area contributed by atoms with Crippen LogP contribution in [0.5, 0.6) is 0 Å². The van der Waals surface area contributed by atoms with E-state index in [1.54, 1.807) is 12.1 Å². The lowest BCUT2D eigenvalue weighted by Crippen LogP contribution is -2.23. The van der Waals surface area contributed by atoms with E-state index in [4.69, 9.17) is 0 Å². The molecule has 0 radical (unpaired) electrons. The van der Waals surface area contributed by atoms with E-state index < -0.39 is 11.7 Å². The van der Waals surface area contributed by atoms with Gasteiger partial charge >= 0.3 is 0 Å². The Hall–Kier alpha value is -2.30. The van der Waals surface area contributed by atoms with Gasteiger partial charge in [-0.25, -0.2) is 8.78 Å². The van der Waals surface area contributed by atoms with Crippen LogP contribution in [0.1, 0.15) is 15.9 Å². The standard InChI is InChI=1S/C13H10F2N2O/c14-10-3-1-9(2-4-10)7-17-13(18)11-5-6-16-8-12(11)15/h1-6,8H,7H2,(H,17,18). The van der Waals surface area contributed by atoms with Crippen LogP contribution in [0, 0.1) is 11.6 Å². The molecule has 0 aliphatic rings. The van der Waals surface area contributed by atoms with E-state index in [9.17, 15) is 13.6 Å². The molecule has 18 heavy (non-hydrogen) atoms. The number of rotatable bonds is 3. The van der Waals surface area contributed by atoms with Crippen molar-refractivity contribution < 1.29 is 13.6 Å². The van der Waals surface area contributed by atoms with Gasteiger partial charge in [-0.05, 0) is 23.8 Å². The number of hydrogen-bond acceptors (Lipinski definition) is 2. The van der Waals surface area contributed by atoms with E-state index in [1.165, 1.54) is 24.4 Å². The first-order valence-corrected chi connectivity index (χ1v) is 5.29. The first-order chi connectivity index (χ1) is 8.66. The van der Waals surface area contributed by atoms with E-state index in [0.29, 0.717) is 0 Å². The number of aromatic nitrogens is 1. The SMILES string of the molecule is O=C(NCc1ccc(F)cc1)c1ccncc1F. The van der Waals surface area contributed by atoms with E-state index in [-0.39, 0.29) is 17.9 Å². The third-order valence-electron chi connectivity index (χ3n) is 2.38. The lowest BCUT2D eigenvalue weighted by atomic mass is 10.2. The van der Waals surface area contributed by atoms with Gasteiger partial charge < -0.3 is 5.32 Å². The molecule has 0 aliphatic heterocycles.